The van der Waals surface area contributed by atoms with Gasteiger partial charge in [0.25, 0.3) is 0 Å². The smallest absolute Gasteiger partial charge is 0.235 e. The predicted octanol–water partition coefficient (Wildman–Crippen LogP) is 0.359. The zero-order valence-electron chi connectivity index (χ0n) is 12.0. The number of hydrogen-bond acceptors (Lipinski definition) is 4. The van der Waals surface area contributed by atoms with E-state index in [0.717, 1.165) is 38.8 Å². The number of amides is 1. The number of hydrogen-bond donors (Lipinski definition) is 2. The van der Waals surface area contributed by atoms with E-state index in [2.05, 4.69) is 4.90 Å². The highest BCUT2D eigenvalue weighted by molar-refractivity contribution is 7.80. The normalized spacial score (nSPS) is 23.6. The van der Waals surface area contributed by atoms with Crippen LogP contribution in [-0.4, -0.2) is 65.1 Å². The van der Waals surface area contributed by atoms with Crippen LogP contribution in [-0.2, 0) is 4.79 Å². The lowest BCUT2D eigenvalue weighted by atomic mass is 9.72. The minimum atomic E-state index is -0.591. The monoisotopic (exact) mass is 299 g/mol. The summed E-state index contributed by atoms with van der Waals surface area (Å²) in [7, 11) is 0. The van der Waals surface area contributed by atoms with Gasteiger partial charge in [0, 0.05) is 32.7 Å². The van der Waals surface area contributed by atoms with Crippen LogP contribution in [0.1, 0.15) is 32.1 Å². The van der Waals surface area contributed by atoms with Gasteiger partial charge in [0.1, 0.15) is 0 Å². The number of carbonyl (C=O) groups is 1. The van der Waals surface area contributed by atoms with Crippen molar-refractivity contribution in [3.05, 3.63) is 0 Å². The van der Waals surface area contributed by atoms with Crippen LogP contribution in [0, 0.1) is 5.41 Å². The number of nitrogens with two attached hydrogens (primary N) is 1. The molecule has 1 saturated heterocycles. The Labute approximate surface area is 126 Å². The molecule has 0 bridgehead atoms. The van der Waals surface area contributed by atoms with Gasteiger partial charge in [0.2, 0.25) is 5.91 Å². The van der Waals surface area contributed by atoms with E-state index in [0.29, 0.717) is 24.6 Å². The molecular formula is C14H25N3O2S. The quantitative estimate of drug-likeness (QED) is 0.734. The third-order valence-electron chi connectivity index (χ3n) is 4.66. The number of aliphatic hydroxyl groups is 1. The predicted molar refractivity (Wildman–Crippen MR) is 82.4 cm³/mol. The number of thiocarbonyl (C=S) groups is 1. The van der Waals surface area contributed by atoms with Crippen molar-refractivity contribution in [1.82, 2.24) is 9.80 Å². The fraction of sp³-hybridized carbons (Fsp3) is 0.857. The van der Waals surface area contributed by atoms with Crippen molar-refractivity contribution in [3.63, 3.8) is 0 Å². The molecule has 2 fully saturated rings. The average molecular weight is 299 g/mol. The molecule has 2 rings (SSSR count). The van der Waals surface area contributed by atoms with Gasteiger partial charge >= 0.3 is 0 Å². The molecule has 1 aliphatic heterocycles. The van der Waals surface area contributed by atoms with Gasteiger partial charge in [-0.3, -0.25) is 9.69 Å². The molecule has 0 spiro atoms. The first kappa shape index (κ1) is 15.7. The molecule has 0 aromatic rings. The molecule has 0 unspecified atom stereocenters. The van der Waals surface area contributed by atoms with Crippen molar-refractivity contribution in [1.29, 1.82) is 0 Å². The van der Waals surface area contributed by atoms with E-state index < -0.39 is 5.41 Å². The summed E-state index contributed by atoms with van der Waals surface area (Å²) >= 11 is 5.22. The first-order valence-corrected chi connectivity index (χ1v) is 7.93. The van der Waals surface area contributed by atoms with Gasteiger partial charge in [-0.05, 0) is 12.8 Å². The van der Waals surface area contributed by atoms with E-state index in [-0.39, 0.29) is 12.5 Å². The Balaban J connectivity index is 2.00. The zero-order valence-corrected chi connectivity index (χ0v) is 12.8. The molecule has 0 atom stereocenters. The Morgan fingerprint density at radius 3 is 2.25 bits per heavy atom. The Kier molecular flexibility index (Phi) is 5.35. The van der Waals surface area contributed by atoms with Crippen LogP contribution >= 0.6 is 12.2 Å². The minimum absolute atomic E-state index is 0.133. The van der Waals surface area contributed by atoms with E-state index in [1.165, 1.54) is 6.42 Å². The van der Waals surface area contributed by atoms with Gasteiger partial charge in [-0.2, -0.15) is 0 Å². The molecule has 2 aliphatic rings. The van der Waals surface area contributed by atoms with E-state index in [4.69, 9.17) is 23.1 Å². The summed E-state index contributed by atoms with van der Waals surface area (Å²) in [5, 5.41) is 8.96. The molecule has 1 aliphatic carbocycles. The maximum Gasteiger partial charge on any atom is 0.235 e. The number of β-amino-alcohol motifs (C(OH)–C–C–N with tert-alkyl or cyclic N) is 1. The molecule has 114 valence electrons. The molecule has 5 nitrogen and oxygen atoms in total. The van der Waals surface area contributed by atoms with Gasteiger partial charge < -0.3 is 15.7 Å². The van der Waals surface area contributed by atoms with Crippen LogP contribution in [0.2, 0.25) is 0 Å². The molecule has 1 amide bonds. The van der Waals surface area contributed by atoms with Gasteiger partial charge in [-0.15, -0.1) is 0 Å². The molecule has 0 aromatic heterocycles. The fourth-order valence-electron chi connectivity index (χ4n) is 3.34. The summed E-state index contributed by atoms with van der Waals surface area (Å²) in [6.45, 7) is 3.92. The average Bonchev–Trinajstić information content (AvgIpc) is 2.48. The highest BCUT2D eigenvalue weighted by atomic mass is 32.1. The van der Waals surface area contributed by atoms with E-state index in [1.54, 1.807) is 0 Å². The van der Waals surface area contributed by atoms with Crippen molar-refractivity contribution in [2.45, 2.75) is 32.1 Å². The lowest BCUT2D eigenvalue weighted by Crippen LogP contribution is -2.57. The van der Waals surface area contributed by atoms with E-state index in [1.807, 2.05) is 4.90 Å². The second-order valence-electron chi connectivity index (χ2n) is 5.86. The molecule has 1 heterocycles. The maximum absolute atomic E-state index is 12.9. The molecule has 0 aromatic carbocycles. The van der Waals surface area contributed by atoms with Crippen molar-refractivity contribution >= 4 is 23.1 Å². The van der Waals surface area contributed by atoms with Crippen molar-refractivity contribution < 1.29 is 9.90 Å². The Morgan fingerprint density at radius 1 is 1.15 bits per heavy atom. The standard InChI is InChI=1S/C14H25N3O2S/c15-12(20)14(4-2-1-3-5-14)13(19)17-8-6-16(7-9-17)10-11-18/h18H,1-11H2,(H2,15,20). The Bertz CT molecular complexity index is 361. The topological polar surface area (TPSA) is 69.8 Å². The van der Waals surface area contributed by atoms with Crippen molar-refractivity contribution in [2.24, 2.45) is 11.1 Å². The van der Waals surface area contributed by atoms with Crippen LogP contribution in [0.25, 0.3) is 0 Å². The zero-order chi connectivity index (χ0) is 14.6. The summed E-state index contributed by atoms with van der Waals surface area (Å²) < 4.78 is 0. The number of piperazine rings is 1. The van der Waals surface area contributed by atoms with Gasteiger partial charge in [0.15, 0.2) is 0 Å². The molecule has 3 N–H and O–H groups in total. The Morgan fingerprint density at radius 2 is 1.75 bits per heavy atom. The lowest BCUT2D eigenvalue weighted by molar-refractivity contribution is -0.141. The molecule has 20 heavy (non-hydrogen) atoms. The van der Waals surface area contributed by atoms with E-state index in [9.17, 15) is 4.79 Å². The van der Waals surface area contributed by atoms with Crippen LogP contribution in [0.15, 0.2) is 0 Å². The SMILES string of the molecule is NC(=S)C1(C(=O)N2CCN(CCO)CC2)CCCCC1. The lowest BCUT2D eigenvalue weighted by Gasteiger charge is -2.42. The molecular weight excluding hydrogens is 274 g/mol. The third kappa shape index (κ3) is 3.13. The van der Waals surface area contributed by atoms with Crippen LogP contribution in [0.5, 0.6) is 0 Å². The van der Waals surface area contributed by atoms with Crippen molar-refractivity contribution in [3.8, 4) is 0 Å². The maximum atomic E-state index is 12.9. The third-order valence-corrected chi connectivity index (χ3v) is 5.05. The van der Waals surface area contributed by atoms with Crippen LogP contribution in [0.3, 0.4) is 0 Å². The van der Waals surface area contributed by atoms with Gasteiger partial charge in [-0.1, -0.05) is 31.5 Å². The molecule has 0 radical (unpaired) electrons. The highest BCUT2D eigenvalue weighted by Crippen LogP contribution is 2.38. The number of rotatable bonds is 4. The summed E-state index contributed by atoms with van der Waals surface area (Å²) in [5.41, 5.74) is 5.33. The number of aliphatic hydroxyl groups excluding tert-OH is 1. The highest BCUT2D eigenvalue weighted by Gasteiger charge is 2.45. The van der Waals surface area contributed by atoms with Gasteiger partial charge in [0.05, 0.1) is 17.0 Å². The van der Waals surface area contributed by atoms with E-state index >= 15 is 0 Å². The Hall–Kier alpha value is -0.720. The summed E-state index contributed by atoms with van der Waals surface area (Å²) in [4.78, 5) is 17.3. The summed E-state index contributed by atoms with van der Waals surface area (Å²) in [6, 6.07) is 0. The fourth-order valence-corrected chi connectivity index (χ4v) is 3.63. The summed E-state index contributed by atoms with van der Waals surface area (Å²) in [5.74, 6) is 0.133. The number of nitrogens with zero attached hydrogens (tertiary/aromatic N) is 2. The summed E-state index contributed by atoms with van der Waals surface area (Å²) in [6.07, 6.45) is 4.85. The second kappa shape index (κ2) is 6.83. The first-order chi connectivity index (χ1) is 9.60. The van der Waals surface area contributed by atoms with Crippen LogP contribution in [0.4, 0.5) is 0 Å². The first-order valence-electron chi connectivity index (χ1n) is 7.53. The number of carbonyl (C=O) groups excluding carboxylic acids is 1. The largest absolute Gasteiger partial charge is 0.395 e. The van der Waals surface area contributed by atoms with Crippen LogP contribution < -0.4 is 5.73 Å². The van der Waals surface area contributed by atoms with Gasteiger partial charge in [-0.25, -0.2) is 0 Å². The second-order valence-corrected chi connectivity index (χ2v) is 6.30. The minimum Gasteiger partial charge on any atom is -0.395 e. The molecule has 1 saturated carbocycles. The van der Waals surface area contributed by atoms with Crippen molar-refractivity contribution in [2.75, 3.05) is 39.3 Å². The molecule has 6 heteroatoms.